The van der Waals surface area contributed by atoms with Gasteiger partial charge in [0.2, 0.25) is 0 Å². The smallest absolute Gasteiger partial charge is 0.252 e. The maximum Gasteiger partial charge on any atom is 0.252 e. The van der Waals surface area contributed by atoms with Crippen LogP contribution in [0.15, 0.2) is 146 Å². The second-order valence-electron chi connectivity index (χ2n) is 34.4. The molecule has 3 aliphatic heterocycles. The summed E-state index contributed by atoms with van der Waals surface area (Å²) in [4.78, 5) is 8.45. The third-order valence-electron chi connectivity index (χ3n) is 23.4. The third kappa shape index (κ3) is 8.76. The summed E-state index contributed by atoms with van der Waals surface area (Å²) in [6, 6.07) is 59.5. The van der Waals surface area contributed by atoms with E-state index in [9.17, 15) is 0 Å². The molecule has 88 heavy (non-hydrogen) atoms. The van der Waals surface area contributed by atoms with Gasteiger partial charge in [-0.2, -0.15) is 0 Å². The third-order valence-corrected chi connectivity index (χ3v) is 23.4. The van der Waals surface area contributed by atoms with Crippen LogP contribution >= 0.6 is 0 Å². The Kier molecular flexibility index (Phi) is 12.8. The first-order valence-electron chi connectivity index (χ1n) is 33.7. The number of fused-ring (bicyclic) bond motifs is 9. The summed E-state index contributed by atoms with van der Waals surface area (Å²) in [5, 5.41) is 0. The van der Waals surface area contributed by atoms with E-state index in [4.69, 9.17) is 0 Å². The summed E-state index contributed by atoms with van der Waals surface area (Å²) in [5.74, 6) is 0. The number of anilines is 8. The molecule has 8 aromatic carbocycles. The number of hydrogen-bond donors (Lipinski definition) is 0. The molecule has 2 atom stereocenters. The molecule has 6 aliphatic rings. The van der Waals surface area contributed by atoms with Crippen LogP contribution in [0.5, 0.6) is 0 Å². The van der Waals surface area contributed by atoms with E-state index in [2.05, 4.69) is 299 Å². The second-order valence-corrected chi connectivity index (χ2v) is 34.4. The summed E-state index contributed by atoms with van der Waals surface area (Å²) in [6.07, 6.45) is 8.11. The molecule has 8 aromatic rings. The Morgan fingerprint density at radius 1 is 0.375 bits per heavy atom. The largest absolute Gasteiger partial charge is 0.334 e. The highest BCUT2D eigenvalue weighted by molar-refractivity contribution is 7.00. The number of nitrogens with zero attached hydrogens (tertiary/aromatic N) is 3. The van der Waals surface area contributed by atoms with Crippen molar-refractivity contribution >= 4 is 68.6 Å². The van der Waals surface area contributed by atoms with Gasteiger partial charge in [0.25, 0.3) is 6.71 Å². The summed E-state index contributed by atoms with van der Waals surface area (Å²) in [6.45, 7) is 48.9. The van der Waals surface area contributed by atoms with Gasteiger partial charge in [0.1, 0.15) is 0 Å². The van der Waals surface area contributed by atoms with E-state index in [1.54, 1.807) is 0 Å². The molecule has 14 rings (SSSR count). The molecule has 2 unspecified atom stereocenters. The molecule has 0 amide bonds. The molecule has 3 nitrogen and oxygen atoms in total. The van der Waals surface area contributed by atoms with Crippen LogP contribution in [-0.2, 0) is 43.3 Å². The molecular weight excluding hydrogens is 1060 g/mol. The zero-order chi connectivity index (χ0) is 62.6. The van der Waals surface area contributed by atoms with E-state index in [1.807, 2.05) is 0 Å². The molecular formula is C84H98BN3. The lowest BCUT2D eigenvalue weighted by atomic mass is 9.33. The van der Waals surface area contributed by atoms with Crippen molar-refractivity contribution < 1.29 is 0 Å². The van der Waals surface area contributed by atoms with Crippen molar-refractivity contribution in [2.24, 2.45) is 0 Å². The molecule has 4 heteroatoms. The lowest BCUT2D eigenvalue weighted by Gasteiger charge is -2.51. The number of rotatable bonds is 5. The fourth-order valence-corrected chi connectivity index (χ4v) is 18.0. The maximum atomic E-state index is 2.88. The van der Waals surface area contributed by atoms with E-state index < -0.39 is 0 Å². The minimum atomic E-state index is -0.212. The lowest BCUT2D eigenvalue weighted by Crippen LogP contribution is -2.62. The molecule has 3 heterocycles. The number of benzene rings is 8. The van der Waals surface area contributed by atoms with Crippen molar-refractivity contribution in [3.63, 3.8) is 0 Å². The van der Waals surface area contributed by atoms with Crippen molar-refractivity contribution in [3.8, 4) is 22.3 Å². The summed E-state index contributed by atoms with van der Waals surface area (Å²) >= 11 is 0. The van der Waals surface area contributed by atoms with Crippen LogP contribution in [0.4, 0.5) is 45.5 Å². The normalized spacial score (nSPS) is 21.7. The molecule has 0 radical (unpaired) electrons. The molecule has 0 saturated heterocycles. The first-order valence-corrected chi connectivity index (χ1v) is 33.7. The first-order chi connectivity index (χ1) is 41.1. The van der Waals surface area contributed by atoms with Crippen LogP contribution in [0.25, 0.3) is 22.3 Å². The number of aryl methyl sites for hydroxylation is 1. The Morgan fingerprint density at radius 3 is 1.50 bits per heavy atom. The van der Waals surface area contributed by atoms with Gasteiger partial charge in [-0.3, -0.25) is 0 Å². The van der Waals surface area contributed by atoms with Crippen molar-refractivity contribution in [2.75, 3.05) is 14.7 Å². The predicted octanol–water partition coefficient (Wildman–Crippen LogP) is 21.4. The highest BCUT2D eigenvalue weighted by atomic mass is 15.3. The van der Waals surface area contributed by atoms with Gasteiger partial charge in [0.15, 0.2) is 0 Å². The summed E-state index contributed by atoms with van der Waals surface area (Å²) in [7, 11) is 0. The van der Waals surface area contributed by atoms with Gasteiger partial charge in [-0.1, -0.05) is 228 Å². The molecule has 452 valence electrons. The monoisotopic (exact) mass is 1160 g/mol. The Bertz CT molecular complexity index is 4190. The van der Waals surface area contributed by atoms with Crippen LogP contribution < -0.4 is 31.1 Å². The topological polar surface area (TPSA) is 9.72 Å². The lowest BCUT2D eigenvalue weighted by molar-refractivity contribution is 0.195. The van der Waals surface area contributed by atoms with Gasteiger partial charge in [-0.15, -0.1) is 0 Å². The SMILES string of the molecule is Cc1cc2c(cc1N1c3ccc(C(C)(C)C)cc3B3c4cc5c(cc4N(c4ccc(C(C)(C)C)cc4-c4ccccc4)c4cc(N6c7ccc(-c8ccc(C(C)(C)C)cc8)cc7C7(C)CCCCC67C)cc1c43)C(C)(C)CC5(C)C)C(C)(C)CCC2(C)C. The molecule has 1 saturated carbocycles. The Hall–Kier alpha value is -6.78. The second kappa shape index (κ2) is 19.1. The van der Waals surface area contributed by atoms with E-state index in [1.165, 1.54) is 153 Å². The van der Waals surface area contributed by atoms with Gasteiger partial charge in [0.05, 0.1) is 11.2 Å². The number of hydrogen-bond acceptors (Lipinski definition) is 3. The summed E-state index contributed by atoms with van der Waals surface area (Å²) < 4.78 is 0. The van der Waals surface area contributed by atoms with Gasteiger partial charge in [0, 0.05) is 50.8 Å². The van der Waals surface area contributed by atoms with Crippen LogP contribution in [0, 0.1) is 6.92 Å². The standard InChI is InChI=1S/C84H98BN3/c1-52-42-61-63(80(13,14)41-40-79(61,11)12)49-71(52)87-70-37-34-58(78(8,9)10)45-66(70)85-67-48-62-64(82(17,18)51-81(62,15)16)50-72(67)86(68-36-33-57(77(5,6)7)44-60(68)54-26-22-21-23-27-54)73-46-59(47-74(87)75(73)85)88-69-35-30-55(53-28-31-56(32-29-53)76(2,3)4)43-65(69)83(19)38-24-25-39-84(83,88)20/h21-23,26-37,42-50H,24-25,38-41,51H2,1-20H3. The van der Waals surface area contributed by atoms with Crippen molar-refractivity contribution in [3.05, 3.63) is 196 Å². The van der Waals surface area contributed by atoms with Gasteiger partial charge < -0.3 is 14.7 Å². The molecule has 3 aliphatic carbocycles. The molecule has 0 bridgehead atoms. The van der Waals surface area contributed by atoms with Crippen molar-refractivity contribution in [1.29, 1.82) is 0 Å². The summed E-state index contributed by atoms with van der Waals surface area (Å²) in [5.41, 5.74) is 32.1. The van der Waals surface area contributed by atoms with E-state index >= 15 is 0 Å². The van der Waals surface area contributed by atoms with Crippen LogP contribution in [0.3, 0.4) is 0 Å². The fraction of sp³-hybridized carbons (Fsp3) is 0.429. The minimum Gasteiger partial charge on any atom is -0.334 e. The van der Waals surface area contributed by atoms with Crippen LogP contribution in [-0.4, -0.2) is 12.3 Å². The van der Waals surface area contributed by atoms with Gasteiger partial charge in [-0.25, -0.2) is 0 Å². The molecule has 0 N–H and O–H groups in total. The highest BCUT2D eigenvalue weighted by Gasteiger charge is 2.59. The van der Waals surface area contributed by atoms with E-state index in [0.717, 1.165) is 25.7 Å². The van der Waals surface area contributed by atoms with Gasteiger partial charge >= 0.3 is 0 Å². The zero-order valence-electron chi connectivity index (χ0n) is 57.2. The van der Waals surface area contributed by atoms with Crippen LogP contribution in [0.1, 0.15) is 227 Å². The molecule has 1 fully saturated rings. The van der Waals surface area contributed by atoms with Crippen molar-refractivity contribution in [1.82, 2.24) is 0 Å². The average Bonchev–Trinajstić information content (AvgIpc) is 1.19. The Balaban J connectivity index is 1.13. The predicted molar refractivity (Wildman–Crippen MR) is 381 cm³/mol. The van der Waals surface area contributed by atoms with E-state index in [-0.39, 0.29) is 55.6 Å². The average molecular weight is 1160 g/mol. The maximum absolute atomic E-state index is 2.88. The highest BCUT2D eigenvalue weighted by Crippen LogP contribution is 2.63. The minimum absolute atomic E-state index is 0.00615. The van der Waals surface area contributed by atoms with Crippen molar-refractivity contribution in [2.45, 2.75) is 232 Å². The quantitative estimate of drug-likeness (QED) is 0.159. The zero-order valence-corrected chi connectivity index (χ0v) is 57.2. The fourth-order valence-electron chi connectivity index (χ4n) is 18.0. The molecule has 0 aromatic heterocycles. The van der Waals surface area contributed by atoms with E-state index in [0.29, 0.717) is 0 Å². The Morgan fingerprint density at radius 2 is 0.875 bits per heavy atom. The molecule has 0 spiro atoms. The van der Waals surface area contributed by atoms with Crippen LogP contribution in [0.2, 0.25) is 0 Å². The van der Waals surface area contributed by atoms with Gasteiger partial charge in [-0.05, 0) is 222 Å². The Labute approximate surface area is 530 Å². The first kappa shape index (κ1) is 58.9.